The number of carbonyl (C=O) groups excluding carboxylic acids is 1. The van der Waals surface area contributed by atoms with Gasteiger partial charge in [0.1, 0.15) is 0 Å². The number of rotatable bonds is 6. The first-order chi connectivity index (χ1) is 7.47. The van der Waals surface area contributed by atoms with Crippen molar-refractivity contribution < 1.29 is 4.79 Å². The Morgan fingerprint density at radius 1 is 1.56 bits per heavy atom. The molecule has 0 saturated carbocycles. The topological polar surface area (TPSA) is 46.3 Å². The summed E-state index contributed by atoms with van der Waals surface area (Å²) in [7, 11) is 0. The first-order valence-electron chi connectivity index (χ1n) is 5.22. The minimum absolute atomic E-state index is 0.289. The van der Waals surface area contributed by atoms with E-state index in [0.29, 0.717) is 12.5 Å². The molecular weight excluding hydrogens is 244 g/mol. The normalized spacial score (nSPS) is 11.3. The number of hydrogen-bond acceptors (Lipinski definition) is 3. The standard InChI is InChI=1S/C11H17ClN2OS/c1-8(2)5-14(7-11(13)15)6-9-3-4-10(12)16-9/h3-4,8H,5-7H2,1-2H3,(H2,13,15). The molecule has 0 aliphatic heterocycles. The molecule has 1 amide bonds. The van der Waals surface area contributed by atoms with Crippen molar-refractivity contribution in [3.63, 3.8) is 0 Å². The molecule has 90 valence electrons. The van der Waals surface area contributed by atoms with Crippen molar-refractivity contribution in [2.45, 2.75) is 20.4 Å². The predicted molar refractivity (Wildman–Crippen MR) is 68.6 cm³/mol. The second-order valence-corrected chi connectivity index (χ2v) is 6.04. The highest BCUT2D eigenvalue weighted by Gasteiger charge is 2.11. The van der Waals surface area contributed by atoms with Crippen LogP contribution in [0, 0.1) is 5.92 Å². The van der Waals surface area contributed by atoms with E-state index in [9.17, 15) is 4.79 Å². The average Bonchev–Trinajstić information content (AvgIpc) is 2.48. The van der Waals surface area contributed by atoms with Gasteiger partial charge in [-0.1, -0.05) is 25.4 Å². The fourth-order valence-electron chi connectivity index (χ4n) is 1.58. The molecule has 0 aliphatic carbocycles. The maximum Gasteiger partial charge on any atom is 0.231 e. The quantitative estimate of drug-likeness (QED) is 0.854. The molecule has 1 rings (SSSR count). The van der Waals surface area contributed by atoms with E-state index in [1.807, 2.05) is 12.1 Å². The highest BCUT2D eigenvalue weighted by atomic mass is 35.5. The third-order valence-corrected chi connectivity index (χ3v) is 3.23. The molecule has 1 aromatic rings. The van der Waals surface area contributed by atoms with Crippen LogP contribution in [-0.4, -0.2) is 23.9 Å². The van der Waals surface area contributed by atoms with Crippen LogP contribution in [0.2, 0.25) is 4.34 Å². The highest BCUT2D eigenvalue weighted by molar-refractivity contribution is 7.16. The fourth-order valence-corrected chi connectivity index (χ4v) is 2.71. The van der Waals surface area contributed by atoms with Crippen molar-refractivity contribution in [3.8, 4) is 0 Å². The number of nitrogens with zero attached hydrogens (tertiary/aromatic N) is 1. The largest absolute Gasteiger partial charge is 0.369 e. The maximum absolute atomic E-state index is 10.9. The lowest BCUT2D eigenvalue weighted by Crippen LogP contribution is -2.35. The Labute approximate surface area is 105 Å². The van der Waals surface area contributed by atoms with Crippen LogP contribution in [0.25, 0.3) is 0 Å². The molecule has 1 heterocycles. The summed E-state index contributed by atoms with van der Waals surface area (Å²) >= 11 is 7.41. The van der Waals surface area contributed by atoms with Crippen molar-refractivity contribution >= 4 is 28.8 Å². The Hall–Kier alpha value is -0.580. The molecule has 3 nitrogen and oxygen atoms in total. The van der Waals surface area contributed by atoms with Gasteiger partial charge in [0.2, 0.25) is 5.91 Å². The van der Waals surface area contributed by atoms with Crippen LogP contribution in [0.5, 0.6) is 0 Å². The number of hydrogen-bond donors (Lipinski definition) is 1. The van der Waals surface area contributed by atoms with E-state index in [1.54, 1.807) is 11.3 Å². The van der Waals surface area contributed by atoms with Crippen LogP contribution in [0.15, 0.2) is 12.1 Å². The number of halogens is 1. The molecule has 5 heteroatoms. The highest BCUT2D eigenvalue weighted by Crippen LogP contribution is 2.22. The van der Waals surface area contributed by atoms with Gasteiger partial charge in [-0.05, 0) is 18.1 Å². The lowest BCUT2D eigenvalue weighted by molar-refractivity contribution is -0.119. The molecule has 0 saturated heterocycles. The molecule has 1 aromatic heterocycles. The third kappa shape index (κ3) is 4.96. The second-order valence-electron chi connectivity index (χ2n) is 4.24. The number of primary amides is 1. The van der Waals surface area contributed by atoms with Gasteiger partial charge in [-0.25, -0.2) is 0 Å². The van der Waals surface area contributed by atoms with E-state index in [4.69, 9.17) is 17.3 Å². The van der Waals surface area contributed by atoms with Gasteiger partial charge in [0, 0.05) is 18.0 Å². The van der Waals surface area contributed by atoms with E-state index < -0.39 is 0 Å². The minimum atomic E-state index is -0.289. The number of amides is 1. The van der Waals surface area contributed by atoms with Crippen molar-refractivity contribution in [2.24, 2.45) is 11.7 Å². The van der Waals surface area contributed by atoms with Gasteiger partial charge < -0.3 is 5.73 Å². The lowest BCUT2D eigenvalue weighted by atomic mass is 10.2. The number of thiophene rings is 1. The third-order valence-electron chi connectivity index (χ3n) is 2.01. The van der Waals surface area contributed by atoms with Gasteiger partial charge in [-0.15, -0.1) is 11.3 Å². The monoisotopic (exact) mass is 260 g/mol. The van der Waals surface area contributed by atoms with Crippen LogP contribution in [0.1, 0.15) is 18.7 Å². The summed E-state index contributed by atoms with van der Waals surface area (Å²) < 4.78 is 0.776. The van der Waals surface area contributed by atoms with Gasteiger partial charge in [0.05, 0.1) is 10.9 Å². The van der Waals surface area contributed by atoms with Crippen molar-refractivity contribution in [1.82, 2.24) is 4.90 Å². The van der Waals surface area contributed by atoms with E-state index in [1.165, 1.54) is 0 Å². The summed E-state index contributed by atoms with van der Waals surface area (Å²) in [5.41, 5.74) is 5.22. The van der Waals surface area contributed by atoms with Gasteiger partial charge in [-0.2, -0.15) is 0 Å². The van der Waals surface area contributed by atoms with Gasteiger partial charge in [-0.3, -0.25) is 9.69 Å². The van der Waals surface area contributed by atoms with Crippen LogP contribution in [0.3, 0.4) is 0 Å². The average molecular weight is 261 g/mol. The molecule has 0 fully saturated rings. The molecule has 0 unspecified atom stereocenters. The van der Waals surface area contributed by atoms with E-state index in [0.717, 1.165) is 22.3 Å². The van der Waals surface area contributed by atoms with Gasteiger partial charge in [0.25, 0.3) is 0 Å². The number of nitrogens with two attached hydrogens (primary N) is 1. The van der Waals surface area contributed by atoms with Crippen LogP contribution in [0.4, 0.5) is 0 Å². The Morgan fingerprint density at radius 3 is 2.69 bits per heavy atom. The SMILES string of the molecule is CC(C)CN(CC(N)=O)Cc1ccc(Cl)s1. The summed E-state index contributed by atoms with van der Waals surface area (Å²) in [5.74, 6) is 0.220. The molecule has 16 heavy (non-hydrogen) atoms. The van der Waals surface area contributed by atoms with Crippen LogP contribution < -0.4 is 5.73 Å². The predicted octanol–water partition coefficient (Wildman–Crippen LogP) is 2.34. The van der Waals surface area contributed by atoms with Gasteiger partial charge in [0.15, 0.2) is 0 Å². The van der Waals surface area contributed by atoms with Crippen molar-refractivity contribution in [2.75, 3.05) is 13.1 Å². The molecule has 2 N–H and O–H groups in total. The zero-order valence-electron chi connectivity index (χ0n) is 9.57. The summed E-state index contributed by atoms with van der Waals surface area (Å²) in [4.78, 5) is 14.2. The number of carbonyl (C=O) groups is 1. The molecule has 0 radical (unpaired) electrons. The maximum atomic E-state index is 10.9. The Balaban J connectivity index is 2.58. The lowest BCUT2D eigenvalue weighted by Gasteiger charge is -2.21. The Morgan fingerprint density at radius 2 is 2.25 bits per heavy atom. The van der Waals surface area contributed by atoms with E-state index in [-0.39, 0.29) is 5.91 Å². The molecule has 0 aliphatic rings. The summed E-state index contributed by atoms with van der Waals surface area (Å²) in [6.07, 6.45) is 0. The van der Waals surface area contributed by atoms with Crippen molar-refractivity contribution in [3.05, 3.63) is 21.3 Å². The molecule has 0 aromatic carbocycles. The molecule has 0 atom stereocenters. The van der Waals surface area contributed by atoms with Crippen molar-refractivity contribution in [1.29, 1.82) is 0 Å². The Bertz CT molecular complexity index is 352. The first kappa shape index (κ1) is 13.5. The Kier molecular flexibility index (Phi) is 5.25. The zero-order chi connectivity index (χ0) is 12.1. The zero-order valence-corrected chi connectivity index (χ0v) is 11.1. The summed E-state index contributed by atoms with van der Waals surface area (Å²) in [6.45, 7) is 6.13. The fraction of sp³-hybridized carbons (Fsp3) is 0.545. The van der Waals surface area contributed by atoms with E-state index in [2.05, 4.69) is 18.7 Å². The summed E-state index contributed by atoms with van der Waals surface area (Å²) in [6, 6.07) is 3.86. The molecule has 0 bridgehead atoms. The summed E-state index contributed by atoms with van der Waals surface area (Å²) in [5, 5.41) is 0. The molecular formula is C11H17ClN2OS. The van der Waals surface area contributed by atoms with Gasteiger partial charge >= 0.3 is 0 Å². The minimum Gasteiger partial charge on any atom is -0.369 e. The smallest absolute Gasteiger partial charge is 0.231 e. The van der Waals surface area contributed by atoms with E-state index >= 15 is 0 Å². The molecule has 0 spiro atoms. The van der Waals surface area contributed by atoms with Crippen LogP contribution >= 0.6 is 22.9 Å². The van der Waals surface area contributed by atoms with Crippen LogP contribution in [-0.2, 0) is 11.3 Å². The first-order valence-corrected chi connectivity index (χ1v) is 6.41. The second kappa shape index (κ2) is 6.23.